The quantitative estimate of drug-likeness (QED) is 0.419. The fraction of sp³-hybridized carbons (Fsp3) is 0.500. The molecule has 0 saturated carbocycles. The van der Waals surface area contributed by atoms with E-state index in [1.54, 1.807) is 5.01 Å². The van der Waals surface area contributed by atoms with Gasteiger partial charge in [0, 0.05) is 14.1 Å². The van der Waals surface area contributed by atoms with Crippen molar-refractivity contribution in [2.24, 2.45) is 10.3 Å². The van der Waals surface area contributed by atoms with Crippen molar-refractivity contribution in [3.05, 3.63) is 24.3 Å². The highest BCUT2D eigenvalue weighted by Crippen LogP contribution is 2.18. The van der Waals surface area contributed by atoms with Crippen molar-refractivity contribution in [2.45, 2.75) is 19.8 Å². The van der Waals surface area contributed by atoms with Crippen molar-refractivity contribution in [1.82, 2.24) is 5.01 Å². The van der Waals surface area contributed by atoms with E-state index >= 15 is 0 Å². The van der Waals surface area contributed by atoms with Gasteiger partial charge in [-0.1, -0.05) is 18.6 Å². The number of benzene rings is 1. The highest BCUT2D eigenvalue weighted by molar-refractivity contribution is 5.40. The molecule has 0 fully saturated rings. The summed E-state index contributed by atoms with van der Waals surface area (Å²) < 4.78 is 5.54. The lowest BCUT2D eigenvalue weighted by atomic mass is 10.3. The Balaban J connectivity index is 2.47. The topological polar surface area (TPSA) is 37.2 Å². The molecular formula is C12H19N3O. The van der Waals surface area contributed by atoms with Crippen LogP contribution in [0.1, 0.15) is 19.8 Å². The molecule has 0 atom stereocenters. The molecule has 0 saturated heterocycles. The Bertz CT molecular complexity index is 320. The first-order valence-electron chi connectivity index (χ1n) is 5.54. The zero-order chi connectivity index (χ0) is 11.8. The minimum absolute atomic E-state index is 0.773. The number of unbranched alkanes of at least 4 members (excludes halogenated alkanes) is 1. The average molecular weight is 221 g/mol. The van der Waals surface area contributed by atoms with E-state index in [1.807, 2.05) is 38.4 Å². The molecule has 0 aliphatic rings. The molecule has 0 N–H and O–H groups in total. The summed E-state index contributed by atoms with van der Waals surface area (Å²) in [6, 6.07) is 7.63. The third kappa shape index (κ3) is 4.77. The summed E-state index contributed by atoms with van der Waals surface area (Å²) in [4.78, 5) is 0. The summed E-state index contributed by atoms with van der Waals surface area (Å²) in [7, 11) is 3.68. The first kappa shape index (κ1) is 12.5. The summed E-state index contributed by atoms with van der Waals surface area (Å²) in [5, 5.41) is 9.61. The van der Waals surface area contributed by atoms with E-state index in [-0.39, 0.29) is 0 Å². The molecule has 0 aliphatic carbocycles. The van der Waals surface area contributed by atoms with Gasteiger partial charge in [0.2, 0.25) is 0 Å². The predicted octanol–water partition coefficient (Wildman–Crippen LogP) is 3.43. The van der Waals surface area contributed by atoms with Gasteiger partial charge in [0.15, 0.2) is 0 Å². The monoisotopic (exact) mass is 221 g/mol. The number of hydrogen-bond donors (Lipinski definition) is 0. The largest absolute Gasteiger partial charge is 0.494 e. The third-order valence-electron chi connectivity index (χ3n) is 1.94. The Kier molecular flexibility index (Phi) is 5.32. The van der Waals surface area contributed by atoms with E-state index < -0.39 is 0 Å². The molecule has 0 bridgehead atoms. The molecule has 0 aliphatic heterocycles. The van der Waals surface area contributed by atoms with Gasteiger partial charge < -0.3 is 4.74 Å². The number of nitrogens with zero attached hydrogens (tertiary/aromatic N) is 3. The number of ether oxygens (including phenoxy) is 1. The summed E-state index contributed by atoms with van der Waals surface area (Å²) >= 11 is 0. The first-order chi connectivity index (χ1) is 7.72. The van der Waals surface area contributed by atoms with E-state index in [0.717, 1.165) is 30.9 Å². The minimum atomic E-state index is 0.773. The first-order valence-corrected chi connectivity index (χ1v) is 5.54. The fourth-order valence-corrected chi connectivity index (χ4v) is 1.08. The second kappa shape index (κ2) is 6.82. The van der Waals surface area contributed by atoms with E-state index in [9.17, 15) is 0 Å². The predicted molar refractivity (Wildman–Crippen MR) is 65.0 cm³/mol. The molecule has 1 rings (SSSR count). The standard InChI is InChI=1S/C12H19N3O/c1-4-5-10-16-12-8-6-11(7-9-12)13-14-15(2)3/h6-9H,4-5,10H2,1-3H3. The third-order valence-corrected chi connectivity index (χ3v) is 1.94. The Labute approximate surface area is 96.9 Å². The van der Waals surface area contributed by atoms with Crippen molar-refractivity contribution in [2.75, 3.05) is 20.7 Å². The van der Waals surface area contributed by atoms with Crippen LogP contribution in [0.4, 0.5) is 5.69 Å². The second-order valence-corrected chi connectivity index (χ2v) is 3.73. The highest BCUT2D eigenvalue weighted by Gasteiger charge is 1.94. The molecule has 1 aromatic carbocycles. The lowest BCUT2D eigenvalue weighted by Crippen LogP contribution is -1.98. The van der Waals surface area contributed by atoms with Crippen molar-refractivity contribution in [3.63, 3.8) is 0 Å². The molecule has 0 spiro atoms. The van der Waals surface area contributed by atoms with Gasteiger partial charge >= 0.3 is 0 Å². The Morgan fingerprint density at radius 2 is 1.88 bits per heavy atom. The molecular weight excluding hydrogens is 202 g/mol. The van der Waals surface area contributed by atoms with Gasteiger partial charge in [0.1, 0.15) is 5.75 Å². The smallest absolute Gasteiger partial charge is 0.119 e. The maximum absolute atomic E-state index is 5.54. The molecule has 0 radical (unpaired) electrons. The molecule has 1 aromatic rings. The van der Waals surface area contributed by atoms with Crippen LogP contribution in [-0.2, 0) is 0 Å². The highest BCUT2D eigenvalue weighted by atomic mass is 16.5. The molecule has 0 aromatic heterocycles. The van der Waals surface area contributed by atoms with Crippen LogP contribution in [0, 0.1) is 0 Å². The van der Waals surface area contributed by atoms with Crippen LogP contribution in [0.25, 0.3) is 0 Å². The lowest BCUT2D eigenvalue weighted by molar-refractivity contribution is 0.309. The number of hydrogen-bond acceptors (Lipinski definition) is 3. The normalized spacial score (nSPS) is 10.7. The van der Waals surface area contributed by atoms with Crippen molar-refractivity contribution in [1.29, 1.82) is 0 Å². The van der Waals surface area contributed by atoms with Gasteiger partial charge in [-0.25, -0.2) is 0 Å². The summed E-state index contributed by atoms with van der Waals surface area (Å²) in [5.74, 6) is 0.886. The lowest BCUT2D eigenvalue weighted by Gasteiger charge is -2.05. The van der Waals surface area contributed by atoms with Crippen LogP contribution >= 0.6 is 0 Å². The molecule has 16 heavy (non-hydrogen) atoms. The van der Waals surface area contributed by atoms with Crippen LogP contribution in [0.2, 0.25) is 0 Å². The molecule has 0 unspecified atom stereocenters. The summed E-state index contributed by atoms with van der Waals surface area (Å²) in [6.45, 7) is 2.92. The Morgan fingerprint density at radius 3 is 2.44 bits per heavy atom. The number of rotatable bonds is 6. The fourth-order valence-electron chi connectivity index (χ4n) is 1.08. The second-order valence-electron chi connectivity index (χ2n) is 3.73. The SMILES string of the molecule is CCCCOc1ccc(N=NN(C)C)cc1. The molecule has 4 heteroatoms. The maximum atomic E-state index is 5.54. The van der Waals surface area contributed by atoms with Gasteiger partial charge in [0.25, 0.3) is 0 Å². The zero-order valence-electron chi connectivity index (χ0n) is 10.2. The van der Waals surface area contributed by atoms with E-state index in [0.29, 0.717) is 0 Å². The van der Waals surface area contributed by atoms with Crippen molar-refractivity contribution >= 4 is 5.69 Å². The molecule has 0 amide bonds. The maximum Gasteiger partial charge on any atom is 0.119 e. The van der Waals surface area contributed by atoms with Crippen molar-refractivity contribution in [3.8, 4) is 5.75 Å². The molecule has 88 valence electrons. The summed E-state index contributed by atoms with van der Waals surface area (Å²) in [5.41, 5.74) is 0.830. The van der Waals surface area contributed by atoms with Gasteiger partial charge in [-0.3, -0.25) is 5.01 Å². The van der Waals surface area contributed by atoms with Crippen LogP contribution in [0.5, 0.6) is 5.75 Å². The summed E-state index contributed by atoms with van der Waals surface area (Å²) in [6.07, 6.45) is 2.23. The van der Waals surface area contributed by atoms with Crippen LogP contribution < -0.4 is 4.74 Å². The Morgan fingerprint density at radius 1 is 1.19 bits per heavy atom. The van der Waals surface area contributed by atoms with Gasteiger partial charge in [-0.05, 0) is 30.7 Å². The van der Waals surface area contributed by atoms with E-state index in [2.05, 4.69) is 17.3 Å². The van der Waals surface area contributed by atoms with Gasteiger partial charge in [-0.15, -0.1) is 5.11 Å². The van der Waals surface area contributed by atoms with Crippen molar-refractivity contribution < 1.29 is 4.74 Å². The van der Waals surface area contributed by atoms with E-state index in [4.69, 9.17) is 4.74 Å². The minimum Gasteiger partial charge on any atom is -0.494 e. The Hall–Kier alpha value is -1.58. The van der Waals surface area contributed by atoms with E-state index in [1.165, 1.54) is 0 Å². The van der Waals surface area contributed by atoms with Gasteiger partial charge in [0.05, 0.1) is 12.3 Å². The zero-order valence-corrected chi connectivity index (χ0v) is 10.2. The van der Waals surface area contributed by atoms with Crippen LogP contribution in [-0.4, -0.2) is 25.7 Å². The van der Waals surface area contributed by atoms with Crippen LogP contribution in [0.3, 0.4) is 0 Å². The average Bonchev–Trinajstić information content (AvgIpc) is 2.28. The molecule has 0 heterocycles. The molecule has 4 nitrogen and oxygen atoms in total. The van der Waals surface area contributed by atoms with Gasteiger partial charge in [-0.2, -0.15) is 0 Å². The van der Waals surface area contributed by atoms with Crippen LogP contribution in [0.15, 0.2) is 34.6 Å².